The van der Waals surface area contributed by atoms with E-state index in [1.807, 2.05) is 13.8 Å². The Balaban J connectivity index is 2.56. The maximum absolute atomic E-state index is 12.7. The summed E-state index contributed by atoms with van der Waals surface area (Å²) >= 11 is 0. The zero-order valence-electron chi connectivity index (χ0n) is 12.5. The summed E-state index contributed by atoms with van der Waals surface area (Å²) in [6.45, 7) is 5.03. The molecule has 0 aliphatic heterocycles. The highest BCUT2D eigenvalue weighted by Gasteiger charge is 2.30. The van der Waals surface area contributed by atoms with E-state index in [2.05, 4.69) is 5.32 Å². The minimum Gasteiger partial charge on any atom is -0.377 e. The van der Waals surface area contributed by atoms with Gasteiger partial charge in [-0.3, -0.25) is 0 Å². The van der Waals surface area contributed by atoms with E-state index >= 15 is 0 Å². The Morgan fingerprint density at radius 1 is 1.19 bits per heavy atom. The minimum atomic E-state index is -4.33. The molecule has 6 heteroatoms. The van der Waals surface area contributed by atoms with Crippen molar-refractivity contribution in [2.24, 2.45) is 0 Å². The van der Waals surface area contributed by atoms with Crippen molar-refractivity contribution in [1.29, 1.82) is 0 Å². The molecule has 3 nitrogen and oxygen atoms in total. The molecule has 120 valence electrons. The first kappa shape index (κ1) is 17.9. The molecular weight excluding hydrogens is 283 g/mol. The summed E-state index contributed by atoms with van der Waals surface area (Å²) in [6.07, 6.45) is -4.20. The predicted molar refractivity (Wildman–Crippen MR) is 75.2 cm³/mol. The fourth-order valence-electron chi connectivity index (χ4n) is 1.82. The molecule has 1 aromatic rings. The van der Waals surface area contributed by atoms with Gasteiger partial charge in [0.05, 0.1) is 37.5 Å². The number of rotatable bonds is 8. The van der Waals surface area contributed by atoms with Crippen LogP contribution in [-0.4, -0.2) is 33.0 Å². The summed E-state index contributed by atoms with van der Waals surface area (Å²) in [4.78, 5) is 0. The molecule has 1 aromatic carbocycles. The molecule has 1 unspecified atom stereocenters. The van der Waals surface area contributed by atoms with Crippen molar-refractivity contribution in [3.63, 3.8) is 0 Å². The van der Waals surface area contributed by atoms with E-state index < -0.39 is 11.7 Å². The van der Waals surface area contributed by atoms with Crippen molar-refractivity contribution in [3.05, 3.63) is 35.4 Å². The number of hydrogen-bond acceptors (Lipinski definition) is 3. The Kier molecular flexibility index (Phi) is 7.14. The lowest BCUT2D eigenvalue weighted by Gasteiger charge is -2.18. The summed E-state index contributed by atoms with van der Waals surface area (Å²) in [6, 6.07) is 4.99. The van der Waals surface area contributed by atoms with Crippen LogP contribution in [0.2, 0.25) is 0 Å². The van der Waals surface area contributed by atoms with Gasteiger partial charge in [-0.1, -0.05) is 12.1 Å². The summed E-state index contributed by atoms with van der Waals surface area (Å²) in [5.74, 6) is 0. The molecule has 0 amide bonds. The highest BCUT2D eigenvalue weighted by Crippen LogP contribution is 2.30. The Bertz CT molecular complexity index is 422. The van der Waals surface area contributed by atoms with E-state index in [1.54, 1.807) is 13.1 Å². The number of benzene rings is 1. The van der Waals surface area contributed by atoms with Crippen LogP contribution in [-0.2, 0) is 15.7 Å². The van der Waals surface area contributed by atoms with E-state index in [9.17, 15) is 13.2 Å². The number of likely N-dealkylation sites (N-methyl/N-ethyl adjacent to an activating group) is 1. The lowest BCUT2D eigenvalue weighted by Crippen LogP contribution is -2.23. The molecule has 0 aliphatic carbocycles. The zero-order valence-corrected chi connectivity index (χ0v) is 12.5. The average Bonchev–Trinajstić information content (AvgIpc) is 2.42. The van der Waals surface area contributed by atoms with Gasteiger partial charge in [0.1, 0.15) is 0 Å². The quantitative estimate of drug-likeness (QED) is 0.747. The Morgan fingerprint density at radius 2 is 1.90 bits per heavy atom. The van der Waals surface area contributed by atoms with Crippen molar-refractivity contribution in [3.8, 4) is 0 Å². The molecule has 1 atom stereocenters. The second kappa shape index (κ2) is 8.36. The van der Waals surface area contributed by atoms with Gasteiger partial charge in [-0.05, 0) is 38.6 Å². The molecule has 1 N–H and O–H groups in total. The van der Waals surface area contributed by atoms with Gasteiger partial charge in [0.25, 0.3) is 0 Å². The zero-order chi connectivity index (χ0) is 15.9. The van der Waals surface area contributed by atoms with Crippen molar-refractivity contribution < 1.29 is 22.6 Å². The molecule has 0 spiro atoms. The molecule has 0 bridgehead atoms. The van der Waals surface area contributed by atoms with Gasteiger partial charge in [0.15, 0.2) is 0 Å². The van der Waals surface area contributed by atoms with Crippen molar-refractivity contribution in [2.45, 2.75) is 32.2 Å². The highest BCUT2D eigenvalue weighted by atomic mass is 19.4. The Hall–Kier alpha value is -1.11. The lowest BCUT2D eigenvalue weighted by atomic mass is 10.0. The molecule has 0 fully saturated rings. The minimum absolute atomic E-state index is 0.136. The third-order valence-corrected chi connectivity index (χ3v) is 2.93. The van der Waals surface area contributed by atoms with Crippen LogP contribution in [0.5, 0.6) is 0 Å². The predicted octanol–water partition coefficient (Wildman–Crippen LogP) is 3.41. The molecule has 0 saturated heterocycles. The highest BCUT2D eigenvalue weighted by molar-refractivity contribution is 5.28. The monoisotopic (exact) mass is 305 g/mol. The van der Waals surface area contributed by atoms with Crippen LogP contribution in [0.3, 0.4) is 0 Å². The second-order valence-electron chi connectivity index (χ2n) is 4.96. The van der Waals surface area contributed by atoms with Gasteiger partial charge in [-0.15, -0.1) is 0 Å². The normalized spacial score (nSPS) is 13.7. The van der Waals surface area contributed by atoms with Crippen molar-refractivity contribution in [1.82, 2.24) is 5.32 Å². The first-order valence-corrected chi connectivity index (χ1v) is 6.88. The lowest BCUT2D eigenvalue weighted by molar-refractivity contribution is -0.137. The maximum atomic E-state index is 12.7. The van der Waals surface area contributed by atoms with Crippen LogP contribution in [0.25, 0.3) is 0 Å². The third kappa shape index (κ3) is 6.46. The molecule has 21 heavy (non-hydrogen) atoms. The van der Waals surface area contributed by atoms with E-state index in [-0.39, 0.29) is 12.1 Å². The van der Waals surface area contributed by atoms with E-state index in [4.69, 9.17) is 9.47 Å². The number of alkyl halides is 3. The summed E-state index contributed by atoms with van der Waals surface area (Å²) in [5.41, 5.74) is -0.0968. The van der Waals surface area contributed by atoms with E-state index in [0.717, 1.165) is 12.1 Å². The van der Waals surface area contributed by atoms with Gasteiger partial charge >= 0.3 is 6.18 Å². The van der Waals surface area contributed by atoms with Gasteiger partial charge in [0.2, 0.25) is 0 Å². The molecule has 0 saturated carbocycles. The third-order valence-electron chi connectivity index (χ3n) is 2.93. The van der Waals surface area contributed by atoms with Crippen molar-refractivity contribution in [2.75, 3.05) is 26.9 Å². The number of hydrogen-bond donors (Lipinski definition) is 1. The molecule has 0 aromatic heterocycles. The van der Waals surface area contributed by atoms with Crippen LogP contribution >= 0.6 is 0 Å². The van der Waals surface area contributed by atoms with Gasteiger partial charge in [0, 0.05) is 0 Å². The van der Waals surface area contributed by atoms with Crippen LogP contribution in [0.4, 0.5) is 13.2 Å². The summed E-state index contributed by atoms with van der Waals surface area (Å²) in [7, 11) is 1.69. The van der Waals surface area contributed by atoms with Crippen LogP contribution in [0.1, 0.15) is 31.0 Å². The topological polar surface area (TPSA) is 30.5 Å². The first-order valence-electron chi connectivity index (χ1n) is 6.88. The standard InChI is InChI=1S/C15H22F3NO2/c1-11(2)21-8-7-20-10-14(19-3)12-5-4-6-13(9-12)15(16,17)18/h4-6,9,11,14,19H,7-8,10H2,1-3H3. The largest absolute Gasteiger partial charge is 0.416 e. The van der Waals surface area contributed by atoms with Crippen LogP contribution in [0.15, 0.2) is 24.3 Å². The van der Waals surface area contributed by atoms with E-state index in [0.29, 0.717) is 25.4 Å². The number of ether oxygens (including phenoxy) is 2. The molecular formula is C15H22F3NO2. The van der Waals surface area contributed by atoms with Crippen LogP contribution in [0, 0.1) is 0 Å². The van der Waals surface area contributed by atoms with Crippen LogP contribution < -0.4 is 5.32 Å². The summed E-state index contributed by atoms with van der Waals surface area (Å²) < 4.78 is 48.9. The Labute approximate surface area is 123 Å². The smallest absolute Gasteiger partial charge is 0.377 e. The SMILES string of the molecule is CNC(COCCOC(C)C)c1cccc(C(F)(F)F)c1. The van der Waals surface area contributed by atoms with Gasteiger partial charge in [-0.25, -0.2) is 0 Å². The average molecular weight is 305 g/mol. The van der Waals surface area contributed by atoms with Crippen molar-refractivity contribution >= 4 is 0 Å². The molecule has 0 radical (unpaired) electrons. The first-order chi connectivity index (χ1) is 9.84. The Morgan fingerprint density at radius 3 is 2.48 bits per heavy atom. The van der Waals surface area contributed by atoms with Gasteiger partial charge in [-0.2, -0.15) is 13.2 Å². The second-order valence-corrected chi connectivity index (χ2v) is 4.96. The summed E-state index contributed by atoms with van der Waals surface area (Å²) in [5, 5.41) is 2.96. The fraction of sp³-hybridized carbons (Fsp3) is 0.600. The molecule has 0 aliphatic rings. The van der Waals surface area contributed by atoms with E-state index in [1.165, 1.54) is 6.07 Å². The molecule has 0 heterocycles. The maximum Gasteiger partial charge on any atom is 0.416 e. The van der Waals surface area contributed by atoms with Gasteiger partial charge < -0.3 is 14.8 Å². The fourth-order valence-corrected chi connectivity index (χ4v) is 1.82. The number of nitrogens with one attached hydrogen (secondary N) is 1. The number of halogens is 3. The molecule has 1 rings (SSSR count).